The van der Waals surface area contributed by atoms with Crippen molar-refractivity contribution in [3.8, 4) is 0 Å². The van der Waals surface area contributed by atoms with E-state index in [1.54, 1.807) is 53.6 Å². The van der Waals surface area contributed by atoms with Crippen LogP contribution in [0.2, 0.25) is 0 Å². The highest BCUT2D eigenvalue weighted by Gasteiger charge is 2.30. The van der Waals surface area contributed by atoms with Gasteiger partial charge in [-0.1, -0.05) is 18.2 Å². The van der Waals surface area contributed by atoms with E-state index in [-0.39, 0.29) is 11.8 Å². The molecule has 2 aromatic rings. The summed E-state index contributed by atoms with van der Waals surface area (Å²) < 4.78 is 27.2. The van der Waals surface area contributed by atoms with Crippen LogP contribution in [0, 0.1) is 0 Å². The normalized spacial score (nSPS) is 15.8. The van der Waals surface area contributed by atoms with E-state index in [0.717, 1.165) is 5.69 Å². The lowest BCUT2D eigenvalue weighted by Gasteiger charge is -2.31. The average Bonchev–Trinajstić information content (AvgIpc) is 2.74. The summed E-state index contributed by atoms with van der Waals surface area (Å²) in [4.78, 5) is 22.5. The van der Waals surface area contributed by atoms with Gasteiger partial charge in [-0.3, -0.25) is 4.79 Å². The number of piperidine rings is 1. The van der Waals surface area contributed by atoms with Gasteiger partial charge in [0.2, 0.25) is 15.9 Å². The standard InChI is InChI=1S/C20H27N5O3S/c1-15(26)24(3)14-20-22-18(13-19(21-2)23-20)16-9-11-25(12-10-16)29(27,28)17-7-5-4-6-8-17/h4-8,13,16H,9-12,14H2,1-3H3,(H,21,22,23). The van der Waals surface area contributed by atoms with Crippen LogP contribution in [-0.4, -0.2) is 60.7 Å². The summed E-state index contributed by atoms with van der Waals surface area (Å²) in [6.45, 7) is 2.73. The predicted octanol–water partition coefficient (Wildman–Crippen LogP) is 2.06. The summed E-state index contributed by atoms with van der Waals surface area (Å²) in [5.41, 5.74) is 0.882. The lowest BCUT2D eigenvalue weighted by molar-refractivity contribution is -0.128. The number of amides is 1. The molecule has 9 heteroatoms. The maximum atomic E-state index is 12.8. The Hall–Kier alpha value is -2.52. The van der Waals surface area contributed by atoms with Gasteiger partial charge in [-0.15, -0.1) is 0 Å². The zero-order chi connectivity index (χ0) is 21.0. The van der Waals surface area contributed by atoms with Crippen molar-refractivity contribution in [2.75, 3.05) is 32.5 Å². The van der Waals surface area contributed by atoms with Gasteiger partial charge in [0.1, 0.15) is 11.6 Å². The van der Waals surface area contributed by atoms with E-state index in [9.17, 15) is 13.2 Å². The van der Waals surface area contributed by atoms with E-state index in [4.69, 9.17) is 0 Å². The first-order valence-electron chi connectivity index (χ1n) is 9.63. The molecule has 8 nitrogen and oxygen atoms in total. The average molecular weight is 418 g/mol. The molecule has 1 aliphatic heterocycles. The molecule has 0 radical (unpaired) electrons. The van der Waals surface area contributed by atoms with Crippen molar-refractivity contribution in [3.63, 3.8) is 0 Å². The number of carbonyl (C=O) groups is 1. The topological polar surface area (TPSA) is 95.5 Å². The van der Waals surface area contributed by atoms with Crippen molar-refractivity contribution in [3.05, 3.63) is 47.9 Å². The van der Waals surface area contributed by atoms with Gasteiger partial charge in [-0.05, 0) is 25.0 Å². The monoisotopic (exact) mass is 417 g/mol. The number of nitrogens with one attached hydrogen (secondary N) is 1. The Morgan fingerprint density at radius 3 is 2.45 bits per heavy atom. The minimum atomic E-state index is -3.47. The van der Waals surface area contributed by atoms with E-state index >= 15 is 0 Å². The molecule has 0 saturated carbocycles. The maximum Gasteiger partial charge on any atom is 0.243 e. The Morgan fingerprint density at radius 1 is 1.21 bits per heavy atom. The molecule has 1 saturated heterocycles. The molecular formula is C20H27N5O3S. The van der Waals surface area contributed by atoms with Gasteiger partial charge in [0.15, 0.2) is 0 Å². The molecule has 1 amide bonds. The molecule has 0 spiro atoms. The summed E-state index contributed by atoms with van der Waals surface area (Å²) >= 11 is 0. The molecule has 0 bridgehead atoms. The fraction of sp³-hybridized carbons (Fsp3) is 0.450. The number of hydrogen-bond acceptors (Lipinski definition) is 6. The van der Waals surface area contributed by atoms with Crippen LogP contribution >= 0.6 is 0 Å². The largest absolute Gasteiger partial charge is 0.373 e. The lowest BCUT2D eigenvalue weighted by atomic mass is 9.94. The Morgan fingerprint density at radius 2 is 1.86 bits per heavy atom. The number of benzene rings is 1. The van der Waals surface area contributed by atoms with Gasteiger partial charge < -0.3 is 10.2 Å². The summed E-state index contributed by atoms with van der Waals surface area (Å²) in [7, 11) is 0.0339. The van der Waals surface area contributed by atoms with Gasteiger partial charge in [0, 0.05) is 51.8 Å². The number of aromatic nitrogens is 2. The highest BCUT2D eigenvalue weighted by atomic mass is 32.2. The summed E-state index contributed by atoms with van der Waals surface area (Å²) in [5, 5.41) is 3.04. The SMILES string of the molecule is CNc1cc(C2CCN(S(=O)(=O)c3ccccc3)CC2)nc(CN(C)C(C)=O)n1. The van der Waals surface area contributed by atoms with Gasteiger partial charge in [-0.2, -0.15) is 4.31 Å². The van der Waals surface area contributed by atoms with Crippen LogP contribution in [-0.2, 0) is 21.4 Å². The molecule has 156 valence electrons. The quantitative estimate of drug-likeness (QED) is 0.773. The molecule has 0 aliphatic carbocycles. The highest BCUT2D eigenvalue weighted by Crippen LogP contribution is 2.30. The first-order valence-corrected chi connectivity index (χ1v) is 11.1. The number of anilines is 1. The maximum absolute atomic E-state index is 12.8. The molecule has 2 heterocycles. The van der Waals surface area contributed by atoms with Crippen molar-refractivity contribution in [2.24, 2.45) is 0 Å². The fourth-order valence-electron chi connectivity index (χ4n) is 3.38. The van der Waals surface area contributed by atoms with Gasteiger partial charge in [0.25, 0.3) is 0 Å². The van der Waals surface area contributed by atoms with Crippen LogP contribution in [0.1, 0.15) is 37.2 Å². The number of hydrogen-bond donors (Lipinski definition) is 1. The number of carbonyl (C=O) groups excluding carboxylic acids is 1. The second kappa shape index (κ2) is 8.87. The zero-order valence-electron chi connectivity index (χ0n) is 17.0. The van der Waals surface area contributed by atoms with Crippen molar-refractivity contribution in [1.29, 1.82) is 0 Å². The molecule has 1 fully saturated rings. The van der Waals surface area contributed by atoms with Crippen LogP contribution in [0.15, 0.2) is 41.3 Å². The predicted molar refractivity (Wildman–Crippen MR) is 111 cm³/mol. The summed E-state index contributed by atoms with van der Waals surface area (Å²) in [5.74, 6) is 1.36. The van der Waals surface area contributed by atoms with Gasteiger partial charge in [0.05, 0.1) is 11.4 Å². The second-order valence-corrected chi connectivity index (χ2v) is 9.15. The zero-order valence-corrected chi connectivity index (χ0v) is 17.8. The third-order valence-corrected chi connectivity index (χ3v) is 7.13. The van der Waals surface area contributed by atoms with Crippen molar-refractivity contribution in [1.82, 2.24) is 19.2 Å². The highest BCUT2D eigenvalue weighted by molar-refractivity contribution is 7.89. The molecule has 1 aromatic heterocycles. The number of rotatable bonds is 6. The van der Waals surface area contributed by atoms with Crippen molar-refractivity contribution >= 4 is 21.7 Å². The van der Waals surface area contributed by atoms with Gasteiger partial charge >= 0.3 is 0 Å². The fourth-order valence-corrected chi connectivity index (χ4v) is 4.87. The third-order valence-electron chi connectivity index (χ3n) is 5.22. The van der Waals surface area contributed by atoms with Crippen molar-refractivity contribution < 1.29 is 13.2 Å². The first-order chi connectivity index (χ1) is 13.8. The Balaban J connectivity index is 1.74. The molecule has 0 unspecified atom stereocenters. The molecule has 3 rings (SSSR count). The van der Waals surface area contributed by atoms with Crippen molar-refractivity contribution in [2.45, 2.75) is 37.1 Å². The van der Waals surface area contributed by atoms with Gasteiger partial charge in [-0.25, -0.2) is 18.4 Å². The minimum Gasteiger partial charge on any atom is -0.373 e. The smallest absolute Gasteiger partial charge is 0.243 e. The van der Waals surface area contributed by atoms with E-state index in [2.05, 4.69) is 15.3 Å². The molecule has 1 N–H and O–H groups in total. The minimum absolute atomic E-state index is 0.0514. The molecular weight excluding hydrogens is 390 g/mol. The Bertz CT molecular complexity index is 957. The Labute approximate surface area is 172 Å². The van der Waals surface area contributed by atoms with Crippen LogP contribution in [0.5, 0.6) is 0 Å². The first kappa shape index (κ1) is 21.2. The van der Waals surface area contributed by atoms with Crippen LogP contribution in [0.3, 0.4) is 0 Å². The van der Waals surface area contributed by atoms with E-state index in [1.807, 2.05) is 6.07 Å². The number of nitrogens with zero attached hydrogens (tertiary/aromatic N) is 4. The second-order valence-electron chi connectivity index (χ2n) is 7.21. The molecule has 0 atom stereocenters. The molecule has 1 aliphatic rings. The number of sulfonamides is 1. The summed E-state index contributed by atoms with van der Waals surface area (Å²) in [6.07, 6.45) is 1.38. The van der Waals surface area contributed by atoms with Crippen LogP contribution in [0.4, 0.5) is 5.82 Å². The molecule has 29 heavy (non-hydrogen) atoms. The Kier molecular flexibility index (Phi) is 6.49. The van der Waals surface area contributed by atoms with E-state index in [1.165, 1.54) is 6.92 Å². The summed E-state index contributed by atoms with van der Waals surface area (Å²) in [6, 6.07) is 10.4. The van der Waals surface area contributed by atoms with Crippen LogP contribution < -0.4 is 5.32 Å². The van der Waals surface area contributed by atoms with E-state index in [0.29, 0.717) is 49.0 Å². The third kappa shape index (κ3) is 4.91. The molecule has 1 aromatic carbocycles. The van der Waals surface area contributed by atoms with Crippen LogP contribution in [0.25, 0.3) is 0 Å². The van der Waals surface area contributed by atoms with E-state index < -0.39 is 10.0 Å². The lowest BCUT2D eigenvalue weighted by Crippen LogP contribution is -2.38.